The van der Waals surface area contributed by atoms with E-state index >= 15 is 0 Å². The molecule has 0 saturated heterocycles. The standard InChI is InChI=1S/C27H34F2O3/c1-26-11-9-19(30)15-18(26)5-8-21-22(26)10-12-27(2)23(21)14-17(24(27)31)13-16-3-6-20(7-4-16)32-25(28)29/h3-4,6-7,13,18-19,21-23,25,30H,5,8-12,14-15H2,1-2H3/b17-13-. The Hall–Kier alpha value is -1.75. The second-order valence-electron chi connectivity index (χ2n) is 11.2. The third kappa shape index (κ3) is 3.52. The Bertz CT molecular complexity index is 910. The van der Waals surface area contributed by atoms with E-state index in [9.17, 15) is 18.7 Å². The Morgan fingerprint density at radius 2 is 1.81 bits per heavy atom. The highest BCUT2D eigenvalue weighted by Gasteiger charge is 2.61. The summed E-state index contributed by atoms with van der Waals surface area (Å²) in [6.45, 7) is 1.80. The maximum Gasteiger partial charge on any atom is 0.387 e. The lowest BCUT2D eigenvalue weighted by Crippen LogP contribution is -2.54. The zero-order chi connectivity index (χ0) is 22.7. The fourth-order valence-electron chi connectivity index (χ4n) is 7.98. The predicted molar refractivity (Wildman–Crippen MR) is 119 cm³/mol. The summed E-state index contributed by atoms with van der Waals surface area (Å²) >= 11 is 0. The minimum absolute atomic E-state index is 0.131. The number of ketones is 1. The van der Waals surface area contributed by atoms with Gasteiger partial charge in [-0.1, -0.05) is 26.0 Å². The lowest BCUT2D eigenvalue weighted by atomic mass is 9.45. The molecule has 5 heteroatoms. The zero-order valence-corrected chi connectivity index (χ0v) is 19.0. The van der Waals surface area contributed by atoms with Crippen molar-refractivity contribution in [1.29, 1.82) is 0 Å². The molecule has 0 aliphatic heterocycles. The number of hydrogen-bond acceptors (Lipinski definition) is 3. The maximum atomic E-state index is 13.5. The first kappa shape index (κ1) is 22.1. The number of allylic oxidation sites excluding steroid dienone is 1. The first-order valence-corrected chi connectivity index (χ1v) is 12.2. The number of aliphatic hydroxyl groups excluding tert-OH is 1. The highest BCUT2D eigenvalue weighted by atomic mass is 19.3. The van der Waals surface area contributed by atoms with Gasteiger partial charge in [-0.15, -0.1) is 0 Å². The molecule has 5 rings (SSSR count). The van der Waals surface area contributed by atoms with E-state index in [0.29, 0.717) is 29.1 Å². The van der Waals surface area contributed by atoms with Crippen molar-refractivity contribution >= 4 is 11.9 Å². The van der Waals surface area contributed by atoms with Crippen LogP contribution in [0.4, 0.5) is 8.78 Å². The Morgan fingerprint density at radius 1 is 1.06 bits per heavy atom. The van der Waals surface area contributed by atoms with Crippen LogP contribution in [0, 0.1) is 34.5 Å². The molecule has 4 aliphatic rings. The summed E-state index contributed by atoms with van der Waals surface area (Å²) < 4.78 is 29.2. The van der Waals surface area contributed by atoms with Gasteiger partial charge in [-0.2, -0.15) is 8.78 Å². The maximum absolute atomic E-state index is 13.5. The summed E-state index contributed by atoms with van der Waals surface area (Å²) in [6, 6.07) is 6.54. The Kier molecular flexibility index (Phi) is 5.47. The minimum atomic E-state index is -2.84. The summed E-state index contributed by atoms with van der Waals surface area (Å²) in [7, 11) is 0. The van der Waals surface area contributed by atoms with Crippen LogP contribution in [0.25, 0.3) is 6.08 Å². The van der Waals surface area contributed by atoms with Gasteiger partial charge < -0.3 is 9.84 Å². The molecule has 0 bridgehead atoms. The Balaban J connectivity index is 1.38. The van der Waals surface area contributed by atoms with E-state index < -0.39 is 6.61 Å². The lowest BCUT2D eigenvalue weighted by Gasteiger charge is -2.59. The molecule has 4 fully saturated rings. The van der Waals surface area contributed by atoms with Crippen LogP contribution in [0.3, 0.4) is 0 Å². The van der Waals surface area contributed by atoms with Crippen LogP contribution < -0.4 is 4.74 Å². The van der Waals surface area contributed by atoms with Crippen LogP contribution in [-0.2, 0) is 4.79 Å². The number of halogens is 2. The molecule has 4 saturated carbocycles. The van der Waals surface area contributed by atoms with E-state index in [1.807, 2.05) is 6.08 Å². The molecule has 3 nitrogen and oxygen atoms in total. The largest absolute Gasteiger partial charge is 0.435 e. The molecule has 1 aromatic rings. The smallest absolute Gasteiger partial charge is 0.387 e. The van der Waals surface area contributed by atoms with Gasteiger partial charge in [0.2, 0.25) is 0 Å². The van der Waals surface area contributed by atoms with E-state index in [-0.39, 0.29) is 23.1 Å². The molecule has 0 aromatic heterocycles. The van der Waals surface area contributed by atoms with Crippen LogP contribution in [-0.4, -0.2) is 23.6 Å². The number of ether oxygens (including phenoxy) is 1. The van der Waals surface area contributed by atoms with Gasteiger partial charge in [0.15, 0.2) is 5.78 Å². The molecule has 4 aliphatic carbocycles. The van der Waals surface area contributed by atoms with Crippen molar-refractivity contribution in [2.75, 3.05) is 0 Å². The molecule has 0 amide bonds. The monoisotopic (exact) mass is 444 g/mol. The second kappa shape index (κ2) is 7.93. The Morgan fingerprint density at radius 3 is 2.53 bits per heavy atom. The van der Waals surface area contributed by atoms with Gasteiger partial charge in [0.1, 0.15) is 5.75 Å². The summed E-state index contributed by atoms with van der Waals surface area (Å²) in [5, 5.41) is 10.2. The lowest BCUT2D eigenvalue weighted by molar-refractivity contribution is -0.141. The highest BCUT2D eigenvalue weighted by Crippen LogP contribution is 2.66. The van der Waals surface area contributed by atoms with Gasteiger partial charge in [-0.05, 0) is 110 Å². The number of carbonyl (C=O) groups is 1. The van der Waals surface area contributed by atoms with Crippen molar-refractivity contribution in [3.05, 3.63) is 35.4 Å². The van der Waals surface area contributed by atoms with Crippen molar-refractivity contribution in [1.82, 2.24) is 0 Å². The number of rotatable bonds is 3. The van der Waals surface area contributed by atoms with Crippen LogP contribution in [0.1, 0.15) is 70.8 Å². The van der Waals surface area contributed by atoms with E-state index in [1.54, 1.807) is 12.1 Å². The van der Waals surface area contributed by atoms with Gasteiger partial charge in [0.05, 0.1) is 6.10 Å². The number of carbonyl (C=O) groups excluding carboxylic acids is 1. The Labute approximate surface area is 189 Å². The summed E-state index contributed by atoms with van der Waals surface area (Å²) in [4.78, 5) is 13.5. The van der Waals surface area contributed by atoms with Crippen molar-refractivity contribution < 1.29 is 23.4 Å². The van der Waals surface area contributed by atoms with Gasteiger partial charge in [0.25, 0.3) is 0 Å². The average Bonchev–Trinajstić information content (AvgIpc) is 3.00. The second-order valence-corrected chi connectivity index (χ2v) is 11.2. The van der Waals surface area contributed by atoms with Gasteiger partial charge >= 0.3 is 6.61 Å². The molecule has 1 N–H and O–H groups in total. The average molecular weight is 445 g/mol. The zero-order valence-electron chi connectivity index (χ0n) is 19.0. The SMILES string of the molecule is CC12CCC3C(CCC4CC(O)CCC43C)C1C/C(=C/c1ccc(OC(F)F)cc1)C2=O. The number of aliphatic hydroxyl groups is 1. The minimum Gasteiger partial charge on any atom is -0.435 e. The van der Waals surface area contributed by atoms with Crippen LogP contribution in [0.2, 0.25) is 0 Å². The van der Waals surface area contributed by atoms with Crippen LogP contribution in [0.5, 0.6) is 5.75 Å². The van der Waals surface area contributed by atoms with Crippen LogP contribution in [0.15, 0.2) is 29.8 Å². The number of Topliss-reactive ketones (excluding diaryl/α,β-unsaturated/α-hetero) is 1. The van der Waals surface area contributed by atoms with Crippen molar-refractivity contribution in [3.63, 3.8) is 0 Å². The number of fused-ring (bicyclic) bond motifs is 5. The normalized spacial score (nSPS) is 42.5. The topological polar surface area (TPSA) is 46.5 Å². The van der Waals surface area contributed by atoms with Gasteiger partial charge in [0, 0.05) is 5.41 Å². The fourth-order valence-corrected chi connectivity index (χ4v) is 7.98. The van der Waals surface area contributed by atoms with Crippen molar-refractivity contribution in [2.24, 2.45) is 34.5 Å². The number of alkyl halides is 2. The number of benzene rings is 1. The molecule has 0 spiro atoms. The fraction of sp³-hybridized carbons (Fsp3) is 0.667. The summed E-state index contributed by atoms with van der Waals surface area (Å²) in [5.41, 5.74) is 1.74. The third-order valence-electron chi connectivity index (χ3n) is 9.72. The quantitative estimate of drug-likeness (QED) is 0.560. The summed E-state index contributed by atoms with van der Waals surface area (Å²) in [6.07, 6.45) is 9.97. The molecular formula is C27H34F2O3. The highest BCUT2D eigenvalue weighted by molar-refractivity contribution is 6.05. The van der Waals surface area contributed by atoms with E-state index in [2.05, 4.69) is 18.6 Å². The van der Waals surface area contributed by atoms with E-state index in [1.165, 1.54) is 18.6 Å². The van der Waals surface area contributed by atoms with Gasteiger partial charge in [-0.3, -0.25) is 4.79 Å². The summed E-state index contributed by atoms with van der Waals surface area (Å²) in [5.74, 6) is 2.61. The van der Waals surface area contributed by atoms with Crippen LogP contribution >= 0.6 is 0 Å². The molecular weight excluding hydrogens is 410 g/mol. The van der Waals surface area contributed by atoms with E-state index in [4.69, 9.17) is 0 Å². The molecule has 0 radical (unpaired) electrons. The predicted octanol–water partition coefficient (Wildman–Crippen LogP) is 6.25. The molecule has 0 heterocycles. The van der Waals surface area contributed by atoms with Crippen molar-refractivity contribution in [3.8, 4) is 5.75 Å². The molecule has 1 aromatic carbocycles. The molecule has 32 heavy (non-hydrogen) atoms. The molecule has 7 unspecified atom stereocenters. The van der Waals surface area contributed by atoms with E-state index in [0.717, 1.165) is 56.1 Å². The third-order valence-corrected chi connectivity index (χ3v) is 9.72. The van der Waals surface area contributed by atoms with Gasteiger partial charge in [-0.25, -0.2) is 0 Å². The number of hydrogen-bond donors (Lipinski definition) is 1. The van der Waals surface area contributed by atoms with Crippen molar-refractivity contribution in [2.45, 2.75) is 77.9 Å². The first-order valence-electron chi connectivity index (χ1n) is 12.2. The first-order chi connectivity index (χ1) is 15.2. The molecule has 174 valence electrons. The molecule has 7 atom stereocenters.